The van der Waals surface area contributed by atoms with Crippen LogP contribution in [0.25, 0.3) is 17.1 Å². The number of hydrogen-bond acceptors (Lipinski definition) is 6. The first kappa shape index (κ1) is 21.0. The lowest BCUT2D eigenvalue weighted by atomic mass is 10.2. The van der Waals surface area contributed by atoms with Crippen molar-refractivity contribution in [3.05, 3.63) is 77.8 Å². The van der Waals surface area contributed by atoms with Gasteiger partial charge in [0.05, 0.1) is 10.9 Å². The number of carbonyl (C=O) groups is 1. The molecule has 4 rings (SSSR count). The topological polar surface area (TPSA) is 85.6 Å². The number of hydrogen-bond donors (Lipinski definition) is 1. The summed E-state index contributed by atoms with van der Waals surface area (Å²) in [4.78, 5) is 20.8. The molecular weight excluding hydrogens is 432 g/mol. The Balaban J connectivity index is 1.65. The number of nitrogens with zero attached hydrogens (tertiary/aromatic N) is 5. The second-order valence-electron chi connectivity index (χ2n) is 6.80. The summed E-state index contributed by atoms with van der Waals surface area (Å²) in [6.45, 7) is 3.84. The number of thioether (sulfide) groups is 1. The van der Waals surface area contributed by atoms with E-state index in [1.165, 1.54) is 11.8 Å². The first-order valence-electron chi connectivity index (χ1n) is 9.54. The van der Waals surface area contributed by atoms with E-state index in [4.69, 9.17) is 11.6 Å². The smallest absolute Gasteiger partial charge is 0.237 e. The fourth-order valence-electron chi connectivity index (χ4n) is 2.89. The van der Waals surface area contributed by atoms with Crippen LogP contribution in [0, 0.1) is 6.92 Å². The highest BCUT2D eigenvalue weighted by Crippen LogP contribution is 2.31. The minimum atomic E-state index is -0.449. The van der Waals surface area contributed by atoms with E-state index in [-0.39, 0.29) is 11.1 Å². The van der Waals surface area contributed by atoms with Crippen LogP contribution < -0.4 is 5.32 Å². The van der Waals surface area contributed by atoms with Gasteiger partial charge in [0.15, 0.2) is 16.1 Å². The lowest BCUT2D eigenvalue weighted by molar-refractivity contribution is -0.115. The van der Waals surface area contributed by atoms with Crippen LogP contribution in [0.5, 0.6) is 0 Å². The van der Waals surface area contributed by atoms with Crippen molar-refractivity contribution >= 4 is 35.0 Å². The van der Waals surface area contributed by atoms with Gasteiger partial charge in [0.1, 0.15) is 0 Å². The number of pyridine rings is 2. The first-order chi connectivity index (χ1) is 15.0. The van der Waals surface area contributed by atoms with E-state index < -0.39 is 5.25 Å². The molecule has 1 unspecified atom stereocenters. The van der Waals surface area contributed by atoms with Crippen LogP contribution >= 0.6 is 23.4 Å². The molecule has 7 nitrogen and oxygen atoms in total. The summed E-state index contributed by atoms with van der Waals surface area (Å²) in [5.74, 6) is 0.473. The molecule has 0 bridgehead atoms. The fraction of sp³-hybridized carbons (Fsp3) is 0.136. The minimum Gasteiger partial charge on any atom is -0.322 e. The number of amides is 1. The summed E-state index contributed by atoms with van der Waals surface area (Å²) in [6, 6.07) is 15.3. The molecule has 1 amide bonds. The number of rotatable bonds is 6. The highest BCUT2D eigenvalue weighted by Gasteiger charge is 2.22. The molecule has 156 valence electrons. The van der Waals surface area contributed by atoms with Crippen molar-refractivity contribution in [2.24, 2.45) is 0 Å². The van der Waals surface area contributed by atoms with Crippen LogP contribution in [0.3, 0.4) is 0 Å². The number of aryl methyl sites for hydroxylation is 1. The second-order valence-corrected chi connectivity index (χ2v) is 8.47. The normalized spacial score (nSPS) is 11.8. The van der Waals surface area contributed by atoms with Gasteiger partial charge in [0.25, 0.3) is 0 Å². The van der Waals surface area contributed by atoms with Crippen molar-refractivity contribution < 1.29 is 4.79 Å². The van der Waals surface area contributed by atoms with Gasteiger partial charge in [0.2, 0.25) is 5.91 Å². The van der Waals surface area contributed by atoms with Crippen molar-refractivity contribution in [1.29, 1.82) is 0 Å². The molecule has 0 saturated carbocycles. The average Bonchev–Trinajstić information content (AvgIpc) is 3.20. The fourth-order valence-corrected chi connectivity index (χ4v) is 3.92. The van der Waals surface area contributed by atoms with Gasteiger partial charge in [-0.3, -0.25) is 14.3 Å². The van der Waals surface area contributed by atoms with E-state index in [1.54, 1.807) is 30.7 Å². The second kappa shape index (κ2) is 9.28. The van der Waals surface area contributed by atoms with Gasteiger partial charge in [-0.15, -0.1) is 10.2 Å². The number of benzene rings is 1. The molecule has 0 aliphatic carbocycles. The van der Waals surface area contributed by atoms with E-state index in [0.717, 1.165) is 16.8 Å². The molecule has 1 aromatic carbocycles. The Morgan fingerprint density at radius 2 is 1.81 bits per heavy atom. The van der Waals surface area contributed by atoms with Gasteiger partial charge in [-0.1, -0.05) is 41.1 Å². The largest absolute Gasteiger partial charge is 0.322 e. The third-order valence-corrected chi connectivity index (χ3v) is 5.88. The maximum Gasteiger partial charge on any atom is 0.237 e. The highest BCUT2D eigenvalue weighted by atomic mass is 35.5. The molecule has 1 N–H and O–H groups in total. The van der Waals surface area contributed by atoms with Gasteiger partial charge >= 0.3 is 0 Å². The van der Waals surface area contributed by atoms with E-state index >= 15 is 0 Å². The number of aromatic nitrogens is 5. The predicted molar refractivity (Wildman–Crippen MR) is 123 cm³/mol. The summed E-state index contributed by atoms with van der Waals surface area (Å²) in [7, 11) is 0. The van der Waals surface area contributed by atoms with Gasteiger partial charge < -0.3 is 5.32 Å². The number of halogens is 1. The van der Waals surface area contributed by atoms with Crippen LogP contribution in [0.4, 0.5) is 5.69 Å². The van der Waals surface area contributed by atoms with Crippen molar-refractivity contribution in [2.75, 3.05) is 5.32 Å². The van der Waals surface area contributed by atoms with Crippen molar-refractivity contribution in [3.63, 3.8) is 0 Å². The lowest BCUT2D eigenvalue weighted by Gasteiger charge is -2.14. The maximum absolute atomic E-state index is 12.8. The molecule has 31 heavy (non-hydrogen) atoms. The number of anilines is 1. The molecule has 1 atom stereocenters. The molecule has 0 aliphatic heterocycles. The van der Waals surface area contributed by atoms with Crippen LogP contribution in [0.15, 0.2) is 72.3 Å². The van der Waals surface area contributed by atoms with Crippen LogP contribution in [0.2, 0.25) is 5.15 Å². The van der Waals surface area contributed by atoms with Crippen LogP contribution in [0.1, 0.15) is 12.5 Å². The average molecular weight is 451 g/mol. The summed E-state index contributed by atoms with van der Waals surface area (Å²) in [5.41, 5.74) is 3.42. The highest BCUT2D eigenvalue weighted by molar-refractivity contribution is 8.00. The molecule has 0 fully saturated rings. The summed E-state index contributed by atoms with van der Waals surface area (Å²) >= 11 is 7.37. The Hall–Kier alpha value is -3.23. The summed E-state index contributed by atoms with van der Waals surface area (Å²) in [5, 5.41) is 12.0. The van der Waals surface area contributed by atoms with E-state index in [2.05, 4.69) is 25.5 Å². The van der Waals surface area contributed by atoms with Crippen LogP contribution in [-0.4, -0.2) is 35.9 Å². The molecule has 0 spiro atoms. The Morgan fingerprint density at radius 3 is 2.52 bits per heavy atom. The Kier molecular flexibility index (Phi) is 6.29. The monoisotopic (exact) mass is 450 g/mol. The van der Waals surface area contributed by atoms with Gasteiger partial charge in [-0.05, 0) is 50.2 Å². The predicted octanol–water partition coefficient (Wildman–Crippen LogP) is 4.81. The molecule has 0 aliphatic rings. The molecule has 4 aromatic rings. The number of carbonyl (C=O) groups excluding carboxylic acids is 1. The molecule has 3 aromatic heterocycles. The van der Waals surface area contributed by atoms with Crippen molar-refractivity contribution in [3.8, 4) is 17.1 Å². The molecular formula is C22H19ClN6OS. The zero-order chi connectivity index (χ0) is 21.8. The molecule has 9 heteroatoms. The molecule has 0 saturated heterocycles. The number of nitrogens with one attached hydrogen (secondary N) is 1. The van der Waals surface area contributed by atoms with E-state index in [1.807, 2.05) is 54.8 Å². The van der Waals surface area contributed by atoms with Crippen molar-refractivity contribution in [1.82, 2.24) is 24.7 Å². The summed E-state index contributed by atoms with van der Waals surface area (Å²) < 4.78 is 1.94. The lowest BCUT2D eigenvalue weighted by Crippen LogP contribution is -2.23. The maximum atomic E-state index is 12.8. The zero-order valence-corrected chi connectivity index (χ0v) is 18.4. The molecule has 3 heterocycles. The summed E-state index contributed by atoms with van der Waals surface area (Å²) in [6.07, 6.45) is 4.99. The SMILES string of the molecule is Cc1ccc(-n2c(SC(C)C(=O)Nc3cccnc3Cl)nnc2-c2ccncc2)cc1. The Morgan fingerprint density at radius 1 is 1.06 bits per heavy atom. The van der Waals surface area contributed by atoms with E-state index in [0.29, 0.717) is 16.7 Å². The third kappa shape index (κ3) is 4.76. The van der Waals surface area contributed by atoms with Gasteiger partial charge in [-0.2, -0.15) is 0 Å². The Bertz CT molecular complexity index is 1200. The standard InChI is InChI=1S/C22H19ClN6OS/c1-14-5-7-17(8-6-14)29-20(16-9-12-24-13-10-16)27-28-22(29)31-15(2)21(30)26-18-4-3-11-25-19(18)23/h3-13,15H,1-2H3,(H,26,30). The zero-order valence-electron chi connectivity index (χ0n) is 16.9. The van der Waals surface area contributed by atoms with Crippen molar-refractivity contribution in [2.45, 2.75) is 24.3 Å². The van der Waals surface area contributed by atoms with Crippen LogP contribution in [-0.2, 0) is 4.79 Å². The van der Waals surface area contributed by atoms with Gasteiger partial charge in [0, 0.05) is 29.8 Å². The third-order valence-electron chi connectivity index (χ3n) is 4.53. The molecule has 0 radical (unpaired) electrons. The quantitative estimate of drug-likeness (QED) is 0.335. The minimum absolute atomic E-state index is 0.205. The van der Waals surface area contributed by atoms with Gasteiger partial charge in [-0.25, -0.2) is 4.98 Å². The van der Waals surface area contributed by atoms with E-state index in [9.17, 15) is 4.79 Å². The first-order valence-corrected chi connectivity index (χ1v) is 10.8. The Labute approximate surface area is 188 Å².